The Morgan fingerprint density at radius 2 is 1.95 bits per heavy atom. The van der Waals surface area contributed by atoms with Gasteiger partial charge >= 0.3 is 0 Å². The van der Waals surface area contributed by atoms with Crippen LogP contribution in [-0.2, 0) is 14.3 Å². The molecule has 0 radical (unpaired) electrons. The molecule has 124 valence electrons. The van der Waals surface area contributed by atoms with Crippen LogP contribution in [0.4, 0.5) is 0 Å². The van der Waals surface area contributed by atoms with E-state index in [1.807, 2.05) is 26.2 Å². The average molecular weight is 309 g/mol. The van der Waals surface area contributed by atoms with Gasteiger partial charge in [0.1, 0.15) is 11.5 Å². The summed E-state index contributed by atoms with van der Waals surface area (Å²) in [6, 6.07) is 0. The van der Waals surface area contributed by atoms with Gasteiger partial charge in [0.15, 0.2) is 5.78 Å². The second-order valence-electron chi connectivity index (χ2n) is 5.46. The number of aliphatic hydroxyl groups excluding tert-OH is 1. The molecule has 0 saturated heterocycles. The molecule has 0 aromatic rings. The molecule has 0 aliphatic heterocycles. The van der Waals surface area contributed by atoms with Crippen LogP contribution in [0, 0.1) is 11.8 Å². The smallest absolute Gasteiger partial charge is 0.298 e. The van der Waals surface area contributed by atoms with Gasteiger partial charge in [-0.15, -0.1) is 0 Å². The van der Waals surface area contributed by atoms with Gasteiger partial charge in [-0.3, -0.25) is 9.59 Å². The molecule has 0 spiro atoms. The Morgan fingerprint density at radius 1 is 1.32 bits per heavy atom. The molecule has 0 aromatic carbocycles. The molecule has 5 nitrogen and oxygen atoms in total. The summed E-state index contributed by atoms with van der Waals surface area (Å²) in [6.45, 7) is 7.33. The van der Waals surface area contributed by atoms with Gasteiger partial charge in [0, 0.05) is 30.5 Å². The zero-order chi connectivity index (χ0) is 17.1. The molecule has 2 N–H and O–H groups in total. The van der Waals surface area contributed by atoms with Gasteiger partial charge in [-0.25, -0.2) is 0 Å². The van der Waals surface area contributed by atoms with Crippen LogP contribution in [0.1, 0.15) is 40.5 Å². The largest absolute Gasteiger partial charge is 0.507 e. The minimum Gasteiger partial charge on any atom is -0.507 e. The lowest BCUT2D eigenvalue weighted by molar-refractivity contribution is -0.125. The van der Waals surface area contributed by atoms with E-state index in [9.17, 15) is 14.7 Å². The fourth-order valence-corrected chi connectivity index (χ4v) is 1.84. The summed E-state index contributed by atoms with van der Waals surface area (Å²) in [4.78, 5) is 22.5. The van der Waals surface area contributed by atoms with Gasteiger partial charge in [0.2, 0.25) is 0 Å². The molecule has 1 unspecified atom stereocenters. The van der Waals surface area contributed by atoms with Crippen molar-refractivity contribution in [1.29, 1.82) is 0 Å². The Hall–Kier alpha value is -2.04. The van der Waals surface area contributed by atoms with E-state index in [2.05, 4.69) is 5.32 Å². The molecule has 0 aliphatic carbocycles. The maximum Gasteiger partial charge on any atom is 0.298 e. The molecule has 0 amide bonds. The van der Waals surface area contributed by atoms with E-state index in [4.69, 9.17) is 4.74 Å². The van der Waals surface area contributed by atoms with Crippen LogP contribution in [0.15, 0.2) is 35.4 Å². The number of hydrogen-bond donors (Lipinski definition) is 2. The highest BCUT2D eigenvalue weighted by atomic mass is 16.5. The van der Waals surface area contributed by atoms with Crippen LogP contribution in [-0.4, -0.2) is 24.4 Å². The number of nitrogens with one attached hydrogen (secondary N) is 1. The number of carbonyl (C=O) groups is 2. The summed E-state index contributed by atoms with van der Waals surface area (Å²) in [6.07, 6.45) is 6.71. The first-order valence-electron chi connectivity index (χ1n) is 7.43. The van der Waals surface area contributed by atoms with Crippen molar-refractivity contribution in [3.8, 4) is 0 Å². The Kier molecular flexibility index (Phi) is 9.67. The molecule has 0 heterocycles. The molecule has 0 fully saturated rings. The second kappa shape index (κ2) is 10.7. The van der Waals surface area contributed by atoms with E-state index in [1.54, 1.807) is 20.8 Å². The molecule has 0 rings (SSSR count). The van der Waals surface area contributed by atoms with Crippen LogP contribution in [0.5, 0.6) is 0 Å². The summed E-state index contributed by atoms with van der Waals surface area (Å²) < 4.78 is 4.96. The molecule has 0 saturated carbocycles. The van der Waals surface area contributed by atoms with Gasteiger partial charge in [-0.2, -0.15) is 0 Å². The SMILES string of the molecule is CN/C=C/CCC(C)/C(=C/C(O)=C(\C)C(=O)C(C)C)OC=O. The quantitative estimate of drug-likeness (QED) is 0.280. The summed E-state index contributed by atoms with van der Waals surface area (Å²) in [5.74, 6) is -0.204. The van der Waals surface area contributed by atoms with Crippen LogP contribution in [0.2, 0.25) is 0 Å². The first kappa shape index (κ1) is 20.0. The van der Waals surface area contributed by atoms with Gasteiger partial charge in [0.25, 0.3) is 6.47 Å². The number of allylic oxidation sites excluding steroid dienone is 4. The highest BCUT2D eigenvalue weighted by Gasteiger charge is 2.16. The number of Topliss-reactive ketones (excluding diaryl/α,β-unsaturated/α-hetero) is 1. The Bertz CT molecular complexity index is 461. The number of hydrogen-bond acceptors (Lipinski definition) is 5. The highest BCUT2D eigenvalue weighted by Crippen LogP contribution is 2.20. The number of carbonyl (C=O) groups excluding carboxylic acids is 2. The van der Waals surface area contributed by atoms with Gasteiger partial charge in [-0.05, 0) is 26.0 Å². The first-order valence-corrected chi connectivity index (χ1v) is 7.43. The minimum atomic E-state index is -0.199. The topological polar surface area (TPSA) is 75.6 Å². The van der Waals surface area contributed by atoms with Crippen molar-refractivity contribution >= 4 is 12.3 Å². The van der Waals surface area contributed by atoms with Crippen molar-refractivity contribution in [2.75, 3.05) is 7.05 Å². The maximum atomic E-state index is 11.9. The first-order chi connectivity index (χ1) is 10.3. The predicted molar refractivity (Wildman–Crippen MR) is 87.0 cm³/mol. The van der Waals surface area contributed by atoms with Crippen molar-refractivity contribution in [3.63, 3.8) is 0 Å². The monoisotopic (exact) mass is 309 g/mol. The highest BCUT2D eigenvalue weighted by molar-refractivity contribution is 5.96. The molecule has 0 aromatic heterocycles. The van der Waals surface area contributed by atoms with E-state index >= 15 is 0 Å². The number of ketones is 1. The Labute approximate surface area is 132 Å². The van der Waals surface area contributed by atoms with Crippen molar-refractivity contribution in [1.82, 2.24) is 5.32 Å². The van der Waals surface area contributed by atoms with Crippen LogP contribution < -0.4 is 5.32 Å². The average Bonchev–Trinajstić information content (AvgIpc) is 2.49. The van der Waals surface area contributed by atoms with Crippen molar-refractivity contribution < 1.29 is 19.4 Å². The van der Waals surface area contributed by atoms with Crippen molar-refractivity contribution in [2.45, 2.75) is 40.5 Å². The lowest BCUT2D eigenvalue weighted by atomic mass is 9.99. The molecular weight excluding hydrogens is 282 g/mol. The molecule has 0 aliphatic rings. The number of aliphatic hydroxyl groups is 1. The zero-order valence-corrected chi connectivity index (χ0v) is 14.1. The van der Waals surface area contributed by atoms with E-state index in [1.165, 1.54) is 6.08 Å². The third-order valence-electron chi connectivity index (χ3n) is 3.28. The van der Waals surface area contributed by atoms with Crippen LogP contribution >= 0.6 is 0 Å². The number of rotatable bonds is 10. The fraction of sp³-hybridized carbons (Fsp3) is 0.529. The summed E-state index contributed by atoms with van der Waals surface area (Å²) in [5.41, 5.74) is 0.268. The zero-order valence-electron chi connectivity index (χ0n) is 14.1. The number of ether oxygens (including phenoxy) is 1. The van der Waals surface area contributed by atoms with Gasteiger partial charge in [-0.1, -0.05) is 26.8 Å². The Morgan fingerprint density at radius 3 is 2.45 bits per heavy atom. The van der Waals surface area contributed by atoms with Crippen LogP contribution in [0.3, 0.4) is 0 Å². The van der Waals surface area contributed by atoms with E-state index in [0.717, 1.165) is 12.8 Å². The van der Waals surface area contributed by atoms with Gasteiger partial charge < -0.3 is 15.2 Å². The van der Waals surface area contributed by atoms with Crippen molar-refractivity contribution in [2.24, 2.45) is 11.8 Å². The summed E-state index contributed by atoms with van der Waals surface area (Å²) in [5, 5.41) is 13.0. The minimum absolute atomic E-state index is 0.0594. The van der Waals surface area contributed by atoms with E-state index < -0.39 is 0 Å². The summed E-state index contributed by atoms with van der Waals surface area (Å²) in [7, 11) is 1.82. The fourth-order valence-electron chi connectivity index (χ4n) is 1.84. The molecule has 5 heteroatoms. The van der Waals surface area contributed by atoms with Crippen LogP contribution in [0.25, 0.3) is 0 Å². The second-order valence-corrected chi connectivity index (χ2v) is 5.46. The third kappa shape index (κ3) is 7.11. The molecule has 1 atom stereocenters. The third-order valence-corrected chi connectivity index (χ3v) is 3.28. The lowest BCUT2D eigenvalue weighted by Crippen LogP contribution is -2.11. The predicted octanol–water partition coefficient (Wildman–Crippen LogP) is 3.25. The Balaban J connectivity index is 5.13. The normalized spacial score (nSPS) is 14.7. The molecule has 0 bridgehead atoms. The molecular formula is C17H27NO4. The standard InChI is InChI=1S/C17H27NO4/c1-12(2)17(21)14(4)15(20)10-16(22-11-19)13(3)8-6-7-9-18-5/h7,9-13,18,20H,6,8H2,1-5H3/b9-7+,15-14-,16-10-. The van der Waals surface area contributed by atoms with E-state index in [0.29, 0.717) is 12.2 Å². The summed E-state index contributed by atoms with van der Waals surface area (Å²) >= 11 is 0. The maximum absolute atomic E-state index is 11.9. The lowest BCUT2D eigenvalue weighted by Gasteiger charge is -2.13. The molecule has 22 heavy (non-hydrogen) atoms. The van der Waals surface area contributed by atoms with Crippen molar-refractivity contribution in [3.05, 3.63) is 35.4 Å². The van der Waals surface area contributed by atoms with Gasteiger partial charge in [0.05, 0.1) is 0 Å². The van der Waals surface area contributed by atoms with E-state index in [-0.39, 0.29) is 29.0 Å².